The number of rotatable bonds is 4. The Hall–Kier alpha value is -3.27. The third-order valence-corrected chi connectivity index (χ3v) is 3.29. The Labute approximate surface area is 142 Å². The van der Waals surface area contributed by atoms with Crippen molar-refractivity contribution in [2.75, 3.05) is 19.9 Å². The van der Waals surface area contributed by atoms with E-state index in [1.165, 1.54) is 0 Å². The molecular formula is C18H13F2NO4. The van der Waals surface area contributed by atoms with Crippen LogP contribution < -0.4 is 19.5 Å². The van der Waals surface area contributed by atoms with Crippen LogP contribution >= 0.6 is 0 Å². The summed E-state index contributed by atoms with van der Waals surface area (Å²) in [6.07, 6.45) is 0. The van der Waals surface area contributed by atoms with E-state index in [1.807, 2.05) is 0 Å². The number of fused-ring (bicyclic) bond motifs is 1. The second-order valence-corrected chi connectivity index (χ2v) is 4.96. The highest BCUT2D eigenvalue weighted by molar-refractivity contribution is 5.94. The van der Waals surface area contributed by atoms with Crippen molar-refractivity contribution in [2.45, 2.75) is 0 Å². The molecule has 0 unspecified atom stereocenters. The van der Waals surface area contributed by atoms with Gasteiger partial charge in [0.15, 0.2) is 11.5 Å². The molecule has 1 amide bonds. The standard InChI is InChI=1S/C18H13F2NO4/c19-12-3-5-14(15(20)9-12)18(22)21-7-1-2-8-23-13-4-6-16-17(10-13)25-11-24-16/h3-6,9-10H,7-8,11H2,(H,21,22). The van der Waals surface area contributed by atoms with Gasteiger partial charge in [0.05, 0.1) is 12.1 Å². The minimum atomic E-state index is -0.920. The van der Waals surface area contributed by atoms with Crippen LogP contribution in [-0.4, -0.2) is 25.9 Å². The summed E-state index contributed by atoms with van der Waals surface area (Å²) in [7, 11) is 0. The van der Waals surface area contributed by atoms with Crippen molar-refractivity contribution in [1.82, 2.24) is 5.32 Å². The number of hydrogen-bond donors (Lipinski definition) is 1. The van der Waals surface area contributed by atoms with Crippen molar-refractivity contribution in [3.63, 3.8) is 0 Å². The van der Waals surface area contributed by atoms with Gasteiger partial charge in [-0.05, 0) is 24.3 Å². The van der Waals surface area contributed by atoms with Gasteiger partial charge in [-0.25, -0.2) is 8.78 Å². The smallest absolute Gasteiger partial charge is 0.255 e. The molecule has 0 radical (unpaired) electrons. The molecule has 7 heteroatoms. The third-order valence-electron chi connectivity index (χ3n) is 3.29. The Morgan fingerprint density at radius 3 is 2.80 bits per heavy atom. The summed E-state index contributed by atoms with van der Waals surface area (Å²) in [5.74, 6) is 4.93. The minimum absolute atomic E-state index is 0.0140. The van der Waals surface area contributed by atoms with Gasteiger partial charge in [-0.2, -0.15) is 0 Å². The molecule has 0 bridgehead atoms. The van der Waals surface area contributed by atoms with Gasteiger partial charge in [0.2, 0.25) is 6.79 Å². The van der Waals surface area contributed by atoms with E-state index in [9.17, 15) is 13.6 Å². The maximum Gasteiger partial charge on any atom is 0.255 e. The van der Waals surface area contributed by atoms with Crippen LogP contribution in [0.25, 0.3) is 0 Å². The predicted molar refractivity (Wildman–Crippen MR) is 84.5 cm³/mol. The Balaban J connectivity index is 1.44. The van der Waals surface area contributed by atoms with Gasteiger partial charge in [0, 0.05) is 12.1 Å². The van der Waals surface area contributed by atoms with Crippen molar-refractivity contribution in [1.29, 1.82) is 0 Å². The normalized spacial score (nSPS) is 11.4. The summed E-state index contributed by atoms with van der Waals surface area (Å²) in [6, 6.07) is 7.92. The van der Waals surface area contributed by atoms with E-state index in [0.29, 0.717) is 23.3 Å². The molecule has 1 N–H and O–H groups in total. The lowest BCUT2D eigenvalue weighted by Crippen LogP contribution is -2.24. The second-order valence-electron chi connectivity index (χ2n) is 4.96. The summed E-state index contributed by atoms with van der Waals surface area (Å²) in [6.45, 7) is 0.313. The average Bonchev–Trinajstić information content (AvgIpc) is 3.05. The number of nitrogens with one attached hydrogen (secondary N) is 1. The number of carbonyl (C=O) groups excluding carboxylic acids is 1. The van der Waals surface area contributed by atoms with Gasteiger partial charge in [0.1, 0.15) is 24.0 Å². The van der Waals surface area contributed by atoms with Crippen molar-refractivity contribution >= 4 is 5.91 Å². The van der Waals surface area contributed by atoms with Crippen LogP contribution in [0.4, 0.5) is 8.78 Å². The number of benzene rings is 2. The van der Waals surface area contributed by atoms with E-state index in [0.717, 1.165) is 12.1 Å². The van der Waals surface area contributed by atoms with Crippen molar-refractivity contribution < 1.29 is 27.8 Å². The lowest BCUT2D eigenvalue weighted by atomic mass is 10.2. The summed E-state index contributed by atoms with van der Waals surface area (Å²) in [4.78, 5) is 11.7. The molecule has 1 aliphatic heterocycles. The molecule has 128 valence electrons. The molecule has 0 fully saturated rings. The second kappa shape index (κ2) is 7.53. The van der Waals surface area contributed by atoms with E-state index in [1.54, 1.807) is 18.2 Å². The predicted octanol–water partition coefficient (Wildman–Crippen LogP) is 2.51. The van der Waals surface area contributed by atoms with Crippen LogP contribution in [0.5, 0.6) is 17.2 Å². The van der Waals surface area contributed by atoms with Crippen LogP contribution in [0.15, 0.2) is 36.4 Å². The monoisotopic (exact) mass is 345 g/mol. The summed E-state index contributed by atoms with van der Waals surface area (Å²) >= 11 is 0. The molecule has 0 atom stereocenters. The molecule has 0 saturated carbocycles. The maximum atomic E-state index is 13.4. The zero-order valence-electron chi connectivity index (χ0n) is 13.0. The first-order valence-corrected chi connectivity index (χ1v) is 7.35. The number of ether oxygens (including phenoxy) is 3. The van der Waals surface area contributed by atoms with Gasteiger partial charge in [-0.15, -0.1) is 0 Å². The minimum Gasteiger partial charge on any atom is -0.481 e. The topological polar surface area (TPSA) is 56.8 Å². The molecule has 0 saturated heterocycles. The fourth-order valence-corrected chi connectivity index (χ4v) is 2.09. The zero-order valence-corrected chi connectivity index (χ0v) is 13.0. The molecule has 1 heterocycles. The van der Waals surface area contributed by atoms with Crippen LogP contribution in [0, 0.1) is 23.5 Å². The first-order chi connectivity index (χ1) is 12.1. The lowest BCUT2D eigenvalue weighted by molar-refractivity contribution is 0.0954. The lowest BCUT2D eigenvalue weighted by Gasteiger charge is -2.03. The quantitative estimate of drug-likeness (QED) is 0.865. The molecule has 1 aliphatic rings. The SMILES string of the molecule is O=C(NCC#CCOc1ccc2c(c1)OCO2)c1ccc(F)cc1F. The van der Waals surface area contributed by atoms with Crippen molar-refractivity contribution in [3.05, 3.63) is 53.6 Å². The molecule has 0 spiro atoms. The highest BCUT2D eigenvalue weighted by Gasteiger charge is 2.13. The molecule has 0 aromatic heterocycles. The average molecular weight is 345 g/mol. The van der Waals surface area contributed by atoms with Gasteiger partial charge in [-0.1, -0.05) is 11.8 Å². The molecule has 3 rings (SSSR count). The van der Waals surface area contributed by atoms with E-state index >= 15 is 0 Å². The Morgan fingerprint density at radius 1 is 1.12 bits per heavy atom. The van der Waals surface area contributed by atoms with Gasteiger partial charge < -0.3 is 19.5 Å². The molecule has 5 nitrogen and oxygen atoms in total. The maximum absolute atomic E-state index is 13.4. The van der Waals surface area contributed by atoms with Gasteiger partial charge in [-0.3, -0.25) is 4.79 Å². The first kappa shape index (κ1) is 16.6. The number of hydrogen-bond acceptors (Lipinski definition) is 4. The summed E-state index contributed by atoms with van der Waals surface area (Å²) < 4.78 is 42.1. The van der Waals surface area contributed by atoms with Crippen molar-refractivity contribution in [2.24, 2.45) is 0 Å². The fraction of sp³-hybridized carbons (Fsp3) is 0.167. The molecule has 2 aromatic rings. The Morgan fingerprint density at radius 2 is 1.96 bits per heavy atom. The third kappa shape index (κ3) is 4.18. The highest BCUT2D eigenvalue weighted by atomic mass is 19.1. The van der Waals surface area contributed by atoms with Crippen LogP contribution in [0.2, 0.25) is 0 Å². The van der Waals surface area contributed by atoms with E-state index in [-0.39, 0.29) is 25.5 Å². The summed E-state index contributed by atoms with van der Waals surface area (Å²) in [5.41, 5.74) is -0.236. The summed E-state index contributed by atoms with van der Waals surface area (Å²) in [5, 5.41) is 2.42. The first-order valence-electron chi connectivity index (χ1n) is 7.35. The van der Waals surface area contributed by atoms with Crippen LogP contribution in [0.3, 0.4) is 0 Å². The molecular weight excluding hydrogens is 332 g/mol. The number of halogens is 2. The largest absolute Gasteiger partial charge is 0.481 e. The van der Waals surface area contributed by atoms with E-state index < -0.39 is 17.5 Å². The number of carbonyl (C=O) groups is 1. The van der Waals surface area contributed by atoms with Gasteiger partial charge in [0.25, 0.3) is 5.91 Å². The zero-order chi connectivity index (χ0) is 17.6. The van der Waals surface area contributed by atoms with Gasteiger partial charge >= 0.3 is 0 Å². The van der Waals surface area contributed by atoms with Crippen LogP contribution in [0.1, 0.15) is 10.4 Å². The van der Waals surface area contributed by atoms with E-state index in [2.05, 4.69) is 17.2 Å². The molecule has 2 aromatic carbocycles. The van der Waals surface area contributed by atoms with E-state index in [4.69, 9.17) is 14.2 Å². The highest BCUT2D eigenvalue weighted by Crippen LogP contribution is 2.34. The van der Waals surface area contributed by atoms with Crippen LogP contribution in [-0.2, 0) is 0 Å². The Kier molecular flexibility index (Phi) is 5.00. The molecule has 25 heavy (non-hydrogen) atoms. The molecule has 0 aliphatic carbocycles. The Bertz CT molecular complexity index is 858. The van der Waals surface area contributed by atoms with Crippen molar-refractivity contribution in [3.8, 4) is 29.1 Å². The number of amides is 1. The fourth-order valence-electron chi connectivity index (χ4n) is 2.09.